The Hall–Kier alpha value is -1.45. The molecular weight excluding hydrogens is 456 g/mol. The van der Waals surface area contributed by atoms with E-state index in [-0.39, 0.29) is 31.0 Å². The normalized spacial score (nSPS) is 32.6. The van der Waals surface area contributed by atoms with Crippen molar-refractivity contribution >= 4 is 17.3 Å². The molecular formula is C26H38O7S. The van der Waals surface area contributed by atoms with Crippen LogP contribution < -0.4 is 0 Å². The van der Waals surface area contributed by atoms with Crippen molar-refractivity contribution in [2.75, 3.05) is 13.2 Å². The van der Waals surface area contributed by atoms with Crippen LogP contribution in [0.1, 0.15) is 69.1 Å². The summed E-state index contributed by atoms with van der Waals surface area (Å²) < 4.78 is 24.4. The number of thiophene rings is 1. The van der Waals surface area contributed by atoms with Gasteiger partial charge in [0.05, 0.1) is 25.2 Å². The standard InChI is InChI=1S/C26H38O7S/c27-20-17-22(33-25-12-4-6-14-31-25)26(19(20)16-23(28)29)21(32-24-11-3-5-13-30-24)10-2-1-8-18-9-7-15-34-18/h7,9-10,15,19-20,22,24-27H,1-6,8,11-14,16-17H2,(H,28,29)/t19-,20-,22-,24?,25?,26-/m0/s1. The number of aliphatic hydroxyl groups is 1. The lowest BCUT2D eigenvalue weighted by Gasteiger charge is -2.33. The van der Waals surface area contributed by atoms with Crippen molar-refractivity contribution in [3.8, 4) is 0 Å². The highest BCUT2D eigenvalue weighted by molar-refractivity contribution is 7.09. The summed E-state index contributed by atoms with van der Waals surface area (Å²) in [6, 6.07) is 4.21. The molecule has 6 atom stereocenters. The van der Waals surface area contributed by atoms with E-state index in [1.165, 1.54) is 4.88 Å². The maximum atomic E-state index is 11.7. The van der Waals surface area contributed by atoms with Gasteiger partial charge in [0.1, 0.15) is 5.76 Å². The summed E-state index contributed by atoms with van der Waals surface area (Å²) in [7, 11) is 0. The Labute approximate surface area is 206 Å². The first-order valence-corrected chi connectivity index (χ1v) is 13.7. The number of hydrogen-bond acceptors (Lipinski definition) is 7. The number of ether oxygens (including phenoxy) is 4. The van der Waals surface area contributed by atoms with Crippen LogP contribution in [0.2, 0.25) is 0 Å². The molecule has 2 unspecified atom stereocenters. The molecule has 0 amide bonds. The van der Waals surface area contributed by atoms with Crippen LogP contribution in [0.15, 0.2) is 29.3 Å². The molecule has 34 heavy (non-hydrogen) atoms. The van der Waals surface area contributed by atoms with E-state index < -0.39 is 18.0 Å². The van der Waals surface area contributed by atoms with Crippen LogP contribution in [0.3, 0.4) is 0 Å². The Balaban J connectivity index is 1.52. The van der Waals surface area contributed by atoms with Gasteiger partial charge in [-0.1, -0.05) is 6.07 Å². The lowest BCUT2D eigenvalue weighted by molar-refractivity contribution is -0.201. The predicted molar refractivity (Wildman–Crippen MR) is 128 cm³/mol. The molecule has 190 valence electrons. The van der Waals surface area contributed by atoms with E-state index >= 15 is 0 Å². The first kappa shape index (κ1) is 25.6. The second kappa shape index (κ2) is 13.0. The number of aliphatic hydroxyl groups excluding tert-OH is 1. The molecule has 1 aromatic heterocycles. The molecule has 3 heterocycles. The number of carbonyl (C=O) groups is 1. The number of hydrogen-bond donors (Lipinski definition) is 2. The Bertz CT molecular complexity index is 768. The van der Waals surface area contributed by atoms with E-state index in [0.29, 0.717) is 25.4 Å². The number of allylic oxidation sites excluding steroid dienone is 1. The van der Waals surface area contributed by atoms with Gasteiger partial charge in [-0.2, -0.15) is 0 Å². The molecule has 1 saturated carbocycles. The van der Waals surface area contributed by atoms with Gasteiger partial charge in [-0.25, -0.2) is 0 Å². The average Bonchev–Trinajstić information content (AvgIpc) is 3.45. The van der Waals surface area contributed by atoms with E-state index in [1.807, 2.05) is 0 Å². The molecule has 7 nitrogen and oxygen atoms in total. The minimum absolute atomic E-state index is 0.126. The van der Waals surface area contributed by atoms with Crippen LogP contribution in [-0.2, 0) is 30.2 Å². The molecule has 3 aliphatic rings. The van der Waals surface area contributed by atoms with Gasteiger partial charge in [0, 0.05) is 36.2 Å². The quantitative estimate of drug-likeness (QED) is 0.334. The van der Waals surface area contributed by atoms with Gasteiger partial charge in [0.15, 0.2) is 12.6 Å². The minimum Gasteiger partial charge on any atom is -0.481 e. The van der Waals surface area contributed by atoms with Crippen LogP contribution in [0, 0.1) is 11.8 Å². The lowest BCUT2D eigenvalue weighted by Crippen LogP contribution is -2.35. The maximum Gasteiger partial charge on any atom is 0.303 e. The van der Waals surface area contributed by atoms with Gasteiger partial charge in [-0.15, -0.1) is 11.3 Å². The number of carboxylic acids is 1. The summed E-state index contributed by atoms with van der Waals surface area (Å²) in [5.41, 5.74) is 0. The number of unbranched alkanes of at least 4 members (excludes halogenated alkanes) is 1. The van der Waals surface area contributed by atoms with Gasteiger partial charge in [0.25, 0.3) is 0 Å². The smallest absolute Gasteiger partial charge is 0.303 e. The fraction of sp³-hybridized carbons (Fsp3) is 0.731. The molecule has 8 heteroatoms. The summed E-state index contributed by atoms with van der Waals surface area (Å²) in [6.45, 7) is 1.33. The van der Waals surface area contributed by atoms with E-state index in [0.717, 1.165) is 57.8 Å². The zero-order chi connectivity index (χ0) is 23.8. The van der Waals surface area contributed by atoms with Crippen LogP contribution in [0.4, 0.5) is 0 Å². The second-order valence-electron chi connectivity index (χ2n) is 9.55. The third-order valence-corrected chi connectivity index (χ3v) is 7.93. The zero-order valence-electron chi connectivity index (χ0n) is 19.8. The molecule has 1 aliphatic carbocycles. The first-order chi connectivity index (χ1) is 16.6. The van der Waals surface area contributed by atoms with Crippen molar-refractivity contribution in [3.05, 3.63) is 34.2 Å². The van der Waals surface area contributed by atoms with Gasteiger partial charge in [-0.05, 0) is 68.9 Å². The van der Waals surface area contributed by atoms with Crippen molar-refractivity contribution in [3.63, 3.8) is 0 Å². The molecule has 0 spiro atoms. The highest BCUT2D eigenvalue weighted by atomic mass is 32.1. The minimum atomic E-state index is -0.922. The fourth-order valence-electron chi connectivity index (χ4n) is 5.28. The Kier molecular flexibility index (Phi) is 9.82. The van der Waals surface area contributed by atoms with Crippen molar-refractivity contribution in [1.82, 2.24) is 0 Å². The molecule has 0 bridgehead atoms. The van der Waals surface area contributed by atoms with E-state index in [4.69, 9.17) is 18.9 Å². The SMILES string of the molecule is O=C(O)C[C@@H]1[C@@H](C(=CCCCc2cccs2)OC2CCCCO2)[C@@H](OC2CCCCO2)C[C@@H]1O. The van der Waals surface area contributed by atoms with Crippen molar-refractivity contribution in [2.24, 2.45) is 11.8 Å². The first-order valence-electron chi connectivity index (χ1n) is 12.8. The summed E-state index contributed by atoms with van der Waals surface area (Å²) in [4.78, 5) is 13.0. The van der Waals surface area contributed by atoms with Crippen molar-refractivity contribution in [1.29, 1.82) is 0 Å². The maximum absolute atomic E-state index is 11.7. The Morgan fingerprint density at radius 1 is 1.15 bits per heavy atom. The summed E-state index contributed by atoms with van der Waals surface area (Å²) in [5.74, 6) is -1.03. The monoisotopic (exact) mass is 494 g/mol. The molecule has 1 aromatic rings. The van der Waals surface area contributed by atoms with Gasteiger partial charge >= 0.3 is 5.97 Å². The van der Waals surface area contributed by atoms with Crippen LogP contribution >= 0.6 is 11.3 Å². The van der Waals surface area contributed by atoms with Crippen molar-refractivity contribution < 1.29 is 34.0 Å². The number of aryl methyl sites for hydroxylation is 1. The largest absolute Gasteiger partial charge is 0.481 e. The number of carboxylic acid groups (broad SMARTS) is 1. The second-order valence-corrected chi connectivity index (χ2v) is 10.6. The average molecular weight is 495 g/mol. The third kappa shape index (κ3) is 7.28. The topological polar surface area (TPSA) is 94.5 Å². The van der Waals surface area contributed by atoms with Gasteiger partial charge < -0.3 is 29.2 Å². The number of rotatable bonds is 11. The van der Waals surface area contributed by atoms with E-state index in [2.05, 4.69) is 23.6 Å². The zero-order valence-corrected chi connectivity index (χ0v) is 20.6. The van der Waals surface area contributed by atoms with Crippen LogP contribution in [0.5, 0.6) is 0 Å². The van der Waals surface area contributed by atoms with Gasteiger partial charge in [0.2, 0.25) is 0 Å². The molecule has 0 aromatic carbocycles. The predicted octanol–water partition coefficient (Wildman–Crippen LogP) is 4.88. The highest BCUT2D eigenvalue weighted by Crippen LogP contribution is 2.43. The fourth-order valence-corrected chi connectivity index (χ4v) is 6.03. The van der Waals surface area contributed by atoms with E-state index in [9.17, 15) is 15.0 Å². The van der Waals surface area contributed by atoms with E-state index in [1.54, 1.807) is 11.3 Å². The molecule has 4 rings (SSSR count). The third-order valence-electron chi connectivity index (χ3n) is 6.99. The molecule has 2 N–H and O–H groups in total. The summed E-state index contributed by atoms with van der Waals surface area (Å²) in [6.07, 6.45) is 9.08. The van der Waals surface area contributed by atoms with Gasteiger partial charge in [-0.3, -0.25) is 4.79 Å². The Morgan fingerprint density at radius 3 is 2.56 bits per heavy atom. The highest BCUT2D eigenvalue weighted by Gasteiger charge is 2.48. The van der Waals surface area contributed by atoms with Crippen molar-refractivity contribution in [2.45, 2.75) is 95.4 Å². The number of aliphatic carboxylic acids is 1. The molecule has 3 fully saturated rings. The Morgan fingerprint density at radius 2 is 1.91 bits per heavy atom. The lowest BCUT2D eigenvalue weighted by atomic mass is 9.88. The van der Waals surface area contributed by atoms with Crippen LogP contribution in [-0.4, -0.2) is 54.2 Å². The summed E-state index contributed by atoms with van der Waals surface area (Å²) in [5, 5.41) is 22.5. The molecule has 0 radical (unpaired) electrons. The molecule has 2 aliphatic heterocycles. The summed E-state index contributed by atoms with van der Waals surface area (Å²) >= 11 is 1.76. The van der Waals surface area contributed by atoms with Crippen LogP contribution in [0.25, 0.3) is 0 Å². The molecule has 2 saturated heterocycles.